The molecule has 0 unspecified atom stereocenters. The lowest BCUT2D eigenvalue weighted by atomic mass is 10.2. The molecule has 0 aliphatic heterocycles. The number of carbonyl (C=O) groups is 1. The number of pyridine rings is 1. The normalized spacial score (nSPS) is 10.7. The SMILES string of the molecule is CC(C)Oc1ccc(CNC(=O)C(C)C)cn1. The molecule has 1 N–H and O–H groups in total. The third-order valence-corrected chi connectivity index (χ3v) is 2.15. The Labute approximate surface area is 102 Å². The van der Waals surface area contributed by atoms with Crippen molar-refractivity contribution >= 4 is 5.91 Å². The van der Waals surface area contributed by atoms with E-state index in [2.05, 4.69) is 10.3 Å². The van der Waals surface area contributed by atoms with E-state index >= 15 is 0 Å². The molecular formula is C13H20N2O2. The molecule has 0 saturated carbocycles. The Morgan fingerprint density at radius 3 is 2.53 bits per heavy atom. The summed E-state index contributed by atoms with van der Waals surface area (Å²) in [5.74, 6) is 0.665. The van der Waals surface area contributed by atoms with Gasteiger partial charge in [0.05, 0.1) is 6.10 Å². The second-order valence-corrected chi connectivity index (χ2v) is 4.54. The summed E-state index contributed by atoms with van der Waals surface area (Å²) in [6.07, 6.45) is 1.84. The number of amides is 1. The monoisotopic (exact) mass is 236 g/mol. The van der Waals surface area contributed by atoms with Gasteiger partial charge in [0.15, 0.2) is 0 Å². The second-order valence-electron chi connectivity index (χ2n) is 4.54. The van der Waals surface area contributed by atoms with E-state index in [1.807, 2.05) is 39.8 Å². The van der Waals surface area contributed by atoms with Gasteiger partial charge in [-0.1, -0.05) is 19.9 Å². The molecule has 0 aliphatic carbocycles. The molecule has 0 spiro atoms. The van der Waals surface area contributed by atoms with Gasteiger partial charge in [-0.2, -0.15) is 0 Å². The number of ether oxygens (including phenoxy) is 1. The molecule has 0 fully saturated rings. The average molecular weight is 236 g/mol. The fourth-order valence-corrected chi connectivity index (χ4v) is 1.22. The predicted octanol–water partition coefficient (Wildman–Crippen LogP) is 2.14. The van der Waals surface area contributed by atoms with Crippen LogP contribution in [0.1, 0.15) is 33.3 Å². The molecule has 0 bridgehead atoms. The summed E-state index contributed by atoms with van der Waals surface area (Å²) in [5, 5.41) is 2.84. The number of aromatic nitrogens is 1. The highest BCUT2D eigenvalue weighted by molar-refractivity contribution is 5.77. The van der Waals surface area contributed by atoms with Gasteiger partial charge in [0.1, 0.15) is 0 Å². The van der Waals surface area contributed by atoms with E-state index in [-0.39, 0.29) is 17.9 Å². The van der Waals surface area contributed by atoms with E-state index in [1.54, 1.807) is 6.20 Å². The van der Waals surface area contributed by atoms with E-state index in [4.69, 9.17) is 4.74 Å². The molecule has 0 saturated heterocycles. The lowest BCUT2D eigenvalue weighted by molar-refractivity contribution is -0.124. The molecule has 4 heteroatoms. The smallest absolute Gasteiger partial charge is 0.222 e. The van der Waals surface area contributed by atoms with Crippen molar-refractivity contribution in [1.82, 2.24) is 10.3 Å². The molecule has 0 aromatic carbocycles. The van der Waals surface area contributed by atoms with Crippen molar-refractivity contribution in [3.63, 3.8) is 0 Å². The zero-order valence-electron chi connectivity index (χ0n) is 10.9. The summed E-state index contributed by atoms with van der Waals surface area (Å²) >= 11 is 0. The van der Waals surface area contributed by atoms with Crippen LogP contribution in [0.2, 0.25) is 0 Å². The van der Waals surface area contributed by atoms with Crippen molar-refractivity contribution in [1.29, 1.82) is 0 Å². The summed E-state index contributed by atoms with van der Waals surface area (Å²) in [7, 11) is 0. The first-order valence-corrected chi connectivity index (χ1v) is 5.88. The first kappa shape index (κ1) is 13.5. The highest BCUT2D eigenvalue weighted by Crippen LogP contribution is 2.09. The Morgan fingerprint density at radius 2 is 2.06 bits per heavy atom. The van der Waals surface area contributed by atoms with E-state index in [0.29, 0.717) is 12.4 Å². The predicted molar refractivity (Wildman–Crippen MR) is 66.7 cm³/mol. The molecule has 17 heavy (non-hydrogen) atoms. The fourth-order valence-electron chi connectivity index (χ4n) is 1.22. The van der Waals surface area contributed by atoms with Crippen molar-refractivity contribution in [2.24, 2.45) is 5.92 Å². The number of carbonyl (C=O) groups excluding carboxylic acids is 1. The van der Waals surface area contributed by atoms with Crippen molar-refractivity contribution in [3.05, 3.63) is 23.9 Å². The van der Waals surface area contributed by atoms with Crippen LogP contribution in [0.4, 0.5) is 0 Å². The molecule has 1 aromatic heterocycles. The number of rotatable bonds is 5. The van der Waals surface area contributed by atoms with Gasteiger partial charge in [0.2, 0.25) is 11.8 Å². The van der Waals surface area contributed by atoms with Gasteiger partial charge in [0, 0.05) is 24.7 Å². The van der Waals surface area contributed by atoms with Crippen LogP contribution in [0.5, 0.6) is 5.88 Å². The zero-order chi connectivity index (χ0) is 12.8. The van der Waals surface area contributed by atoms with E-state index in [1.165, 1.54) is 0 Å². The number of hydrogen-bond acceptors (Lipinski definition) is 3. The molecular weight excluding hydrogens is 216 g/mol. The van der Waals surface area contributed by atoms with Crippen molar-refractivity contribution in [3.8, 4) is 5.88 Å². The largest absolute Gasteiger partial charge is 0.475 e. The molecule has 1 amide bonds. The summed E-state index contributed by atoms with van der Waals surface area (Å²) in [5.41, 5.74) is 0.968. The third kappa shape index (κ3) is 4.85. The van der Waals surface area contributed by atoms with Crippen LogP contribution >= 0.6 is 0 Å². The van der Waals surface area contributed by atoms with Crippen molar-refractivity contribution in [2.45, 2.75) is 40.3 Å². The third-order valence-electron chi connectivity index (χ3n) is 2.15. The maximum absolute atomic E-state index is 11.4. The van der Waals surface area contributed by atoms with Gasteiger partial charge in [-0.15, -0.1) is 0 Å². The first-order valence-electron chi connectivity index (χ1n) is 5.88. The van der Waals surface area contributed by atoms with Gasteiger partial charge in [-0.05, 0) is 19.4 Å². The Hall–Kier alpha value is -1.58. The summed E-state index contributed by atoms with van der Waals surface area (Å²) in [6, 6.07) is 3.72. The Bertz CT molecular complexity index is 358. The number of nitrogens with zero attached hydrogens (tertiary/aromatic N) is 1. The highest BCUT2D eigenvalue weighted by Gasteiger charge is 2.06. The molecule has 4 nitrogen and oxygen atoms in total. The summed E-state index contributed by atoms with van der Waals surface area (Å²) in [6.45, 7) is 8.16. The molecule has 94 valence electrons. The van der Waals surface area contributed by atoms with Crippen LogP contribution in [0.15, 0.2) is 18.3 Å². The molecule has 1 rings (SSSR count). The zero-order valence-corrected chi connectivity index (χ0v) is 10.9. The standard InChI is InChI=1S/C13H20N2O2/c1-9(2)13(16)15-8-11-5-6-12(14-7-11)17-10(3)4/h5-7,9-10H,8H2,1-4H3,(H,15,16). The number of nitrogens with one attached hydrogen (secondary N) is 1. The molecule has 0 atom stereocenters. The van der Waals surface area contributed by atoms with Gasteiger partial charge in [-0.25, -0.2) is 4.98 Å². The van der Waals surface area contributed by atoms with Crippen LogP contribution in [-0.4, -0.2) is 17.0 Å². The van der Waals surface area contributed by atoms with Crippen molar-refractivity contribution < 1.29 is 9.53 Å². The molecule has 1 aromatic rings. The first-order chi connectivity index (χ1) is 7.99. The lowest BCUT2D eigenvalue weighted by Crippen LogP contribution is -2.27. The fraction of sp³-hybridized carbons (Fsp3) is 0.538. The lowest BCUT2D eigenvalue weighted by Gasteiger charge is -2.10. The van der Waals surface area contributed by atoms with Gasteiger partial charge < -0.3 is 10.1 Å². The summed E-state index contributed by atoms with van der Waals surface area (Å²) in [4.78, 5) is 15.5. The van der Waals surface area contributed by atoms with Crippen LogP contribution in [0, 0.1) is 5.92 Å². The Morgan fingerprint density at radius 1 is 1.35 bits per heavy atom. The van der Waals surface area contributed by atoms with Crippen molar-refractivity contribution in [2.75, 3.05) is 0 Å². The van der Waals surface area contributed by atoms with Crippen LogP contribution in [-0.2, 0) is 11.3 Å². The minimum absolute atomic E-state index is 0.00602. The van der Waals surface area contributed by atoms with E-state index in [0.717, 1.165) is 5.56 Å². The maximum atomic E-state index is 11.4. The highest BCUT2D eigenvalue weighted by atomic mass is 16.5. The second kappa shape index (κ2) is 6.23. The van der Waals surface area contributed by atoms with Crippen LogP contribution < -0.4 is 10.1 Å². The quantitative estimate of drug-likeness (QED) is 0.852. The van der Waals surface area contributed by atoms with Crippen LogP contribution in [0.3, 0.4) is 0 Å². The average Bonchev–Trinajstić information content (AvgIpc) is 2.26. The Kier molecular flexibility index (Phi) is 4.94. The summed E-state index contributed by atoms with van der Waals surface area (Å²) < 4.78 is 5.43. The Balaban J connectivity index is 2.48. The van der Waals surface area contributed by atoms with Gasteiger partial charge >= 0.3 is 0 Å². The maximum Gasteiger partial charge on any atom is 0.222 e. The van der Waals surface area contributed by atoms with Gasteiger partial charge in [0.25, 0.3) is 0 Å². The topological polar surface area (TPSA) is 51.2 Å². The molecule has 0 aliphatic rings. The minimum Gasteiger partial charge on any atom is -0.475 e. The number of hydrogen-bond donors (Lipinski definition) is 1. The van der Waals surface area contributed by atoms with E-state index < -0.39 is 0 Å². The minimum atomic E-state index is 0.00602. The van der Waals surface area contributed by atoms with E-state index in [9.17, 15) is 4.79 Å². The van der Waals surface area contributed by atoms with Gasteiger partial charge in [-0.3, -0.25) is 4.79 Å². The molecule has 1 heterocycles. The van der Waals surface area contributed by atoms with Crippen LogP contribution in [0.25, 0.3) is 0 Å². The molecule has 0 radical (unpaired) electrons.